The summed E-state index contributed by atoms with van der Waals surface area (Å²) in [5.74, 6) is 0. The molecule has 0 radical (unpaired) electrons. The first-order valence-electron chi connectivity index (χ1n) is 25.0. The quantitative estimate of drug-likeness (QED) is 0.0964. The van der Waals surface area contributed by atoms with Crippen molar-refractivity contribution in [3.05, 3.63) is 84.0 Å². The van der Waals surface area contributed by atoms with Crippen molar-refractivity contribution < 1.29 is 0 Å². The maximum Gasteiger partial charge on any atom is 0.139 e. The minimum absolute atomic E-state index is 0.357. The van der Waals surface area contributed by atoms with Crippen LogP contribution in [0.4, 0.5) is 0 Å². The van der Waals surface area contributed by atoms with E-state index in [1.807, 2.05) is 0 Å². The molecular formula is C44H67B19. The molecule has 0 bridgehead atoms. The van der Waals surface area contributed by atoms with Gasteiger partial charge in [0.2, 0.25) is 0 Å². The number of hydrogen-bond acceptors (Lipinski definition) is 0. The van der Waals surface area contributed by atoms with Gasteiger partial charge in [-0.25, -0.2) is 0 Å². The van der Waals surface area contributed by atoms with E-state index in [2.05, 4.69) is 188 Å². The Morgan fingerprint density at radius 3 is 1.37 bits per heavy atom. The molecule has 0 nitrogen and oxygen atoms in total. The summed E-state index contributed by atoms with van der Waals surface area (Å²) in [6.45, 7) is 34.9. The van der Waals surface area contributed by atoms with Crippen LogP contribution in [-0.4, -0.2) is 138 Å². The van der Waals surface area contributed by atoms with Gasteiger partial charge in [-0.15, -0.1) is 5.46 Å². The van der Waals surface area contributed by atoms with E-state index in [1.165, 1.54) is 134 Å². The largest absolute Gasteiger partial charge is 0.139 e. The van der Waals surface area contributed by atoms with E-state index in [4.69, 9.17) is 0 Å². The summed E-state index contributed by atoms with van der Waals surface area (Å²) in [5, 5.41) is 8.86. The second kappa shape index (κ2) is 18.2. The van der Waals surface area contributed by atoms with Crippen LogP contribution in [0.3, 0.4) is 0 Å². The average Bonchev–Trinajstić information content (AvgIpc) is 3.23. The minimum atomic E-state index is 0.357. The van der Waals surface area contributed by atoms with Crippen LogP contribution in [0.15, 0.2) is 6.07 Å². The molecule has 0 heterocycles. The summed E-state index contributed by atoms with van der Waals surface area (Å²) in [6.07, 6.45) is 1.61. The molecule has 0 aliphatic rings. The van der Waals surface area contributed by atoms with E-state index in [0.717, 1.165) is 7.17 Å². The van der Waals surface area contributed by atoms with Crippen molar-refractivity contribution in [2.45, 2.75) is 96.9 Å². The van der Waals surface area contributed by atoms with Gasteiger partial charge < -0.3 is 0 Å². The van der Waals surface area contributed by atoms with Gasteiger partial charge in [0, 0.05) is 26.2 Å². The number of benzene rings is 6. The molecule has 6 aromatic rings. The molecule has 0 fully saturated rings. The van der Waals surface area contributed by atoms with Crippen LogP contribution >= 0.6 is 0 Å². The van der Waals surface area contributed by atoms with Gasteiger partial charge in [-0.1, -0.05) is 33.0 Å². The lowest BCUT2D eigenvalue weighted by molar-refractivity contribution is 1.17. The first-order valence-corrected chi connectivity index (χ1v) is 25.0. The topological polar surface area (TPSA) is 0 Å². The Morgan fingerprint density at radius 2 is 0.873 bits per heavy atom. The van der Waals surface area contributed by atoms with Crippen LogP contribution in [-0.2, 0) is 0 Å². The van der Waals surface area contributed by atoms with Gasteiger partial charge in [0.05, 0.1) is 90.4 Å². The summed E-state index contributed by atoms with van der Waals surface area (Å²) in [4.78, 5) is 0. The predicted molar refractivity (Wildman–Crippen MR) is 337 cm³/mol. The summed E-state index contributed by atoms with van der Waals surface area (Å²) >= 11 is 0. The molecule has 0 saturated carbocycles. The number of aryl methyl sites for hydroxylation is 3. The Hall–Kier alpha value is -2.67. The van der Waals surface area contributed by atoms with Crippen LogP contribution in [0, 0.1) is 96.9 Å². The van der Waals surface area contributed by atoms with Crippen LogP contribution < -0.4 is 27.3 Å². The van der Waals surface area contributed by atoms with Crippen LogP contribution in [0.2, 0.25) is 0 Å². The second-order valence-electron chi connectivity index (χ2n) is 21.8. The van der Waals surface area contributed by atoms with Gasteiger partial charge in [-0.2, -0.15) is 0 Å². The lowest BCUT2D eigenvalue weighted by Gasteiger charge is -2.35. The number of rotatable bonds is 10. The number of fused-ring (bicyclic) bond motifs is 3. The molecule has 0 aromatic heterocycles. The minimum Gasteiger partial charge on any atom is -0.105 e. The molecule has 63 heavy (non-hydrogen) atoms. The molecule has 0 saturated heterocycles. The molecule has 19 heteroatoms. The van der Waals surface area contributed by atoms with Crippen molar-refractivity contribution in [2.24, 2.45) is 0 Å². The normalized spacial score (nSPS) is 11.4. The molecule has 0 unspecified atom stereocenters. The molecule has 300 valence electrons. The molecular weight excluding hydrogens is 734 g/mol. The maximum atomic E-state index is 2.68. The zero-order valence-electron chi connectivity index (χ0n) is 45.0. The fraction of sp³-hybridized carbons (Fsp3) is 0.318. The second-order valence-corrected chi connectivity index (χ2v) is 21.8. The summed E-state index contributed by atoms with van der Waals surface area (Å²) in [5.41, 5.74) is 33.9. The third-order valence-corrected chi connectivity index (χ3v) is 17.9. The third kappa shape index (κ3) is 7.49. The summed E-state index contributed by atoms with van der Waals surface area (Å²) < 4.78 is 0. The van der Waals surface area contributed by atoms with Gasteiger partial charge in [-0.05, 0) is 224 Å². The van der Waals surface area contributed by atoms with Gasteiger partial charge >= 0.3 is 0 Å². The van der Waals surface area contributed by atoms with Crippen LogP contribution in [0.1, 0.15) is 77.9 Å². The lowest BCUT2D eigenvalue weighted by atomic mass is 8.68. The molecule has 0 N–H and O–H groups in total. The Kier molecular flexibility index (Phi) is 14.4. The molecule has 6 rings (SSSR count). The Labute approximate surface area is 398 Å². The molecule has 0 amide bonds. The lowest BCUT2D eigenvalue weighted by Crippen LogP contribution is -2.64. The fourth-order valence-corrected chi connectivity index (χ4v) is 12.9. The van der Waals surface area contributed by atoms with E-state index in [0.29, 0.717) is 38.6 Å². The SMILES string of the molecule is BBB(B)B(B(B)B)c1c(C)c(C)c(B(B)B(B)B)c2c(-c3c(C)c(C)c(C)c4c(C)c5c(-c6c(C)c(C)c(C)c(C)c6C)c(C)c(C)c(C)c5cc34)c(B(B)B)c(BB)c(B)c12. The van der Waals surface area contributed by atoms with Gasteiger partial charge in [0.1, 0.15) is 21.5 Å². The Balaban J connectivity index is 2.05. The van der Waals surface area contributed by atoms with Crippen molar-refractivity contribution in [1.82, 2.24) is 0 Å². The zero-order chi connectivity index (χ0) is 47.3. The molecule has 6 aromatic carbocycles. The maximum absolute atomic E-state index is 2.68. The van der Waals surface area contributed by atoms with Crippen LogP contribution in [0.25, 0.3) is 54.6 Å². The van der Waals surface area contributed by atoms with Crippen molar-refractivity contribution in [2.75, 3.05) is 0 Å². The van der Waals surface area contributed by atoms with Crippen molar-refractivity contribution >= 4 is 198 Å². The van der Waals surface area contributed by atoms with Crippen LogP contribution in [0.5, 0.6) is 0 Å². The first kappa shape index (κ1) is 49.8. The van der Waals surface area contributed by atoms with Gasteiger partial charge in [0.15, 0.2) is 0 Å². The van der Waals surface area contributed by atoms with Gasteiger partial charge in [-0.3, -0.25) is 0 Å². The zero-order valence-corrected chi connectivity index (χ0v) is 45.0. The standard InChI is InChI=1S/C44H67B19/c1-16-17(2)23(8)33(24(9)18(16)3)36-26(11)19(4)21(6)30-15-31-32(29(14)35(30)36)22(7)20(5)25(10)34(31)37-38-39(40(45)41(56-46)44(37)58(48)49)43(60(62(53)54)63(55)57-47)28(13)27(12)42(38)59(50)61(51)52/h15,56-57H,45-55H2,1-14H3. The first-order chi connectivity index (χ1) is 29.3. The highest BCUT2D eigenvalue weighted by Gasteiger charge is 2.37. The summed E-state index contributed by atoms with van der Waals surface area (Å²) in [7, 11) is 29.4. The molecule has 0 spiro atoms. The Morgan fingerprint density at radius 1 is 0.397 bits per heavy atom. The fourth-order valence-electron chi connectivity index (χ4n) is 12.9. The third-order valence-electron chi connectivity index (χ3n) is 17.9. The van der Waals surface area contributed by atoms with Crippen molar-refractivity contribution in [3.63, 3.8) is 0 Å². The predicted octanol–water partition coefficient (Wildman–Crippen LogP) is -4.99. The number of hydrogen-bond donors (Lipinski definition) is 0. The summed E-state index contributed by atoms with van der Waals surface area (Å²) in [6, 6.07) is 2.68. The van der Waals surface area contributed by atoms with Gasteiger partial charge in [0.25, 0.3) is 0 Å². The van der Waals surface area contributed by atoms with E-state index in [-0.39, 0.29) is 0 Å². The van der Waals surface area contributed by atoms with E-state index < -0.39 is 0 Å². The molecule has 0 aliphatic carbocycles. The average molecular weight is 801 g/mol. The highest BCUT2D eigenvalue weighted by Crippen LogP contribution is 2.48. The monoisotopic (exact) mass is 805 g/mol. The van der Waals surface area contributed by atoms with E-state index in [9.17, 15) is 0 Å². The van der Waals surface area contributed by atoms with Crippen molar-refractivity contribution in [1.29, 1.82) is 0 Å². The molecule has 0 atom stereocenters. The highest BCUT2D eigenvalue weighted by molar-refractivity contribution is 7.87. The Bertz CT molecular complexity index is 2870. The van der Waals surface area contributed by atoms with E-state index >= 15 is 0 Å². The van der Waals surface area contributed by atoms with E-state index in [1.54, 1.807) is 32.6 Å². The smallest absolute Gasteiger partial charge is 0.105 e. The highest BCUT2D eigenvalue weighted by atomic mass is 14.3. The molecule has 0 aliphatic heterocycles. The van der Waals surface area contributed by atoms with Crippen molar-refractivity contribution in [3.8, 4) is 22.3 Å².